The molecule has 0 atom stereocenters. The fraction of sp³-hybridized carbons (Fsp3) is 0.250. The summed E-state index contributed by atoms with van der Waals surface area (Å²) in [5.74, 6) is 1.15. The number of aliphatic hydroxyl groups excluding tert-OH is 1. The summed E-state index contributed by atoms with van der Waals surface area (Å²) >= 11 is 1.65. The van der Waals surface area contributed by atoms with Crippen molar-refractivity contribution in [2.45, 2.75) is 18.2 Å². The summed E-state index contributed by atoms with van der Waals surface area (Å²) in [6, 6.07) is 7.51. The molecule has 7 heteroatoms. The molecule has 1 aromatic carbocycles. The Morgan fingerprint density at radius 2 is 2.19 bits per heavy atom. The van der Waals surface area contributed by atoms with Gasteiger partial charge >= 0.3 is 0 Å². The fourth-order valence-electron chi connectivity index (χ4n) is 2.85. The van der Waals surface area contributed by atoms with E-state index in [4.69, 9.17) is 10.8 Å². The number of amides is 1. The van der Waals surface area contributed by atoms with Crippen molar-refractivity contribution in [2.75, 3.05) is 24.6 Å². The van der Waals surface area contributed by atoms with Crippen LogP contribution in [0.3, 0.4) is 0 Å². The molecule has 1 aliphatic rings. The second-order valence-corrected chi connectivity index (χ2v) is 7.01. The topological polar surface area (TPSA) is 101 Å². The zero-order valence-corrected chi connectivity index (χ0v) is 15.9. The molecule has 6 nitrogen and oxygen atoms in total. The molecule has 27 heavy (non-hydrogen) atoms. The van der Waals surface area contributed by atoms with Crippen LogP contribution >= 0.6 is 11.8 Å². The Bertz CT molecular complexity index is 909. The summed E-state index contributed by atoms with van der Waals surface area (Å²) in [6.07, 6.45) is 6.47. The maximum absolute atomic E-state index is 12.1. The standard InChI is InChI=1S/C20H22N4O2S/c1-2-13(14-4-3-5-15(10-14)20(26)22-8-9-25)6-7-16-11-27-18-17(16)23-12-24-19(18)21/h3-7,10,12,25H,2,8-9,11H2,1H3,(H,22,26)(H2,21,23,24). The maximum atomic E-state index is 12.1. The summed E-state index contributed by atoms with van der Waals surface area (Å²) in [5, 5.41) is 11.5. The van der Waals surface area contributed by atoms with Crippen LogP contribution in [0.5, 0.6) is 0 Å². The van der Waals surface area contributed by atoms with Gasteiger partial charge in [0.2, 0.25) is 0 Å². The van der Waals surface area contributed by atoms with Crippen LogP contribution in [-0.2, 0) is 0 Å². The first-order valence-corrected chi connectivity index (χ1v) is 9.75. The van der Waals surface area contributed by atoms with Gasteiger partial charge in [0.05, 0.1) is 17.2 Å². The van der Waals surface area contributed by atoms with Gasteiger partial charge in [0.25, 0.3) is 5.91 Å². The maximum Gasteiger partial charge on any atom is 0.251 e. The zero-order chi connectivity index (χ0) is 19.2. The van der Waals surface area contributed by atoms with Crippen LogP contribution in [0, 0.1) is 0 Å². The molecular formula is C20H22N4O2S. The lowest BCUT2D eigenvalue weighted by Crippen LogP contribution is -2.26. The van der Waals surface area contributed by atoms with Gasteiger partial charge in [-0.25, -0.2) is 9.97 Å². The summed E-state index contributed by atoms with van der Waals surface area (Å²) in [4.78, 5) is 21.5. The number of thioether (sulfide) groups is 1. The van der Waals surface area contributed by atoms with Crippen LogP contribution in [0.2, 0.25) is 0 Å². The molecule has 0 saturated heterocycles. The molecule has 0 radical (unpaired) electrons. The smallest absolute Gasteiger partial charge is 0.251 e. The summed E-state index contributed by atoms with van der Waals surface area (Å²) < 4.78 is 0. The Morgan fingerprint density at radius 3 is 2.96 bits per heavy atom. The van der Waals surface area contributed by atoms with Crippen LogP contribution in [0.15, 0.2) is 47.6 Å². The molecule has 2 aromatic rings. The third kappa shape index (κ3) is 4.37. The first kappa shape index (κ1) is 19.1. The van der Waals surface area contributed by atoms with E-state index in [-0.39, 0.29) is 19.1 Å². The van der Waals surface area contributed by atoms with Crippen molar-refractivity contribution in [1.82, 2.24) is 15.3 Å². The third-order valence-corrected chi connectivity index (χ3v) is 5.41. The van der Waals surface area contributed by atoms with Crippen LogP contribution in [0.4, 0.5) is 5.82 Å². The monoisotopic (exact) mass is 382 g/mol. The lowest BCUT2D eigenvalue weighted by molar-refractivity contribution is 0.0944. The average Bonchev–Trinajstić information content (AvgIpc) is 3.11. The van der Waals surface area contributed by atoms with Crippen molar-refractivity contribution in [3.63, 3.8) is 0 Å². The molecule has 0 aliphatic carbocycles. The van der Waals surface area contributed by atoms with Crippen molar-refractivity contribution < 1.29 is 9.90 Å². The second-order valence-electron chi connectivity index (χ2n) is 6.02. The zero-order valence-electron chi connectivity index (χ0n) is 15.1. The summed E-state index contributed by atoms with van der Waals surface area (Å²) in [5.41, 5.74) is 10.6. The van der Waals surface area contributed by atoms with Gasteiger partial charge in [0.15, 0.2) is 0 Å². The van der Waals surface area contributed by atoms with Crippen LogP contribution in [-0.4, -0.2) is 39.9 Å². The molecule has 0 spiro atoms. The summed E-state index contributed by atoms with van der Waals surface area (Å²) in [7, 11) is 0. The number of nitrogens with zero attached hydrogens (tertiary/aromatic N) is 2. The number of rotatable bonds is 6. The highest BCUT2D eigenvalue weighted by Crippen LogP contribution is 2.40. The first-order chi connectivity index (χ1) is 13.1. The normalized spacial score (nSPS) is 15.0. The van der Waals surface area contributed by atoms with E-state index < -0.39 is 0 Å². The molecular weight excluding hydrogens is 360 g/mol. The average molecular weight is 382 g/mol. The molecule has 3 rings (SSSR count). The predicted molar refractivity (Wildman–Crippen MR) is 109 cm³/mol. The van der Waals surface area contributed by atoms with Crippen molar-refractivity contribution in [3.8, 4) is 0 Å². The Kier molecular flexibility index (Phi) is 6.26. The fourth-order valence-corrected chi connectivity index (χ4v) is 3.91. The largest absolute Gasteiger partial charge is 0.395 e. The molecule has 4 N–H and O–H groups in total. The molecule has 0 saturated carbocycles. The Morgan fingerprint density at radius 1 is 1.37 bits per heavy atom. The van der Waals surface area contributed by atoms with Gasteiger partial charge < -0.3 is 16.2 Å². The molecule has 0 bridgehead atoms. The first-order valence-electron chi connectivity index (χ1n) is 8.77. The highest BCUT2D eigenvalue weighted by atomic mass is 32.2. The molecule has 1 amide bonds. The number of nitrogens with one attached hydrogen (secondary N) is 1. The number of fused-ring (bicyclic) bond motifs is 1. The minimum atomic E-state index is -0.187. The highest BCUT2D eigenvalue weighted by Gasteiger charge is 2.20. The number of anilines is 1. The number of hydrogen-bond donors (Lipinski definition) is 3. The van der Waals surface area contributed by atoms with Gasteiger partial charge in [-0.15, -0.1) is 11.8 Å². The van der Waals surface area contributed by atoms with Gasteiger partial charge in [-0.2, -0.15) is 0 Å². The lowest BCUT2D eigenvalue weighted by atomic mass is 9.99. The van der Waals surface area contributed by atoms with Gasteiger partial charge in [-0.1, -0.05) is 31.2 Å². The van der Waals surface area contributed by atoms with Crippen molar-refractivity contribution in [1.29, 1.82) is 0 Å². The van der Waals surface area contributed by atoms with Gasteiger partial charge in [-0.05, 0) is 35.3 Å². The Hall–Kier alpha value is -2.64. The third-order valence-electron chi connectivity index (χ3n) is 4.27. The molecule has 0 fully saturated rings. The number of aromatic nitrogens is 2. The van der Waals surface area contributed by atoms with E-state index in [9.17, 15) is 4.79 Å². The molecule has 2 heterocycles. The van der Waals surface area contributed by atoms with Crippen molar-refractivity contribution in [2.24, 2.45) is 0 Å². The van der Waals surface area contributed by atoms with Gasteiger partial charge in [-0.3, -0.25) is 4.79 Å². The molecule has 140 valence electrons. The molecule has 1 aromatic heterocycles. The van der Waals surface area contributed by atoms with E-state index in [1.165, 1.54) is 6.33 Å². The number of benzene rings is 1. The van der Waals surface area contributed by atoms with E-state index in [0.717, 1.165) is 39.5 Å². The minimum absolute atomic E-state index is 0.0767. The number of nitrogens with two attached hydrogens (primary N) is 1. The van der Waals surface area contributed by atoms with Gasteiger partial charge in [0, 0.05) is 17.9 Å². The molecule has 1 aliphatic heterocycles. The number of nitrogen functional groups attached to an aromatic ring is 1. The highest BCUT2D eigenvalue weighted by molar-refractivity contribution is 8.00. The van der Waals surface area contributed by atoms with E-state index >= 15 is 0 Å². The van der Waals surface area contributed by atoms with Crippen LogP contribution < -0.4 is 11.1 Å². The number of hydrogen-bond acceptors (Lipinski definition) is 6. The number of allylic oxidation sites excluding steroid dienone is 3. The van der Waals surface area contributed by atoms with E-state index in [1.54, 1.807) is 17.8 Å². The van der Waals surface area contributed by atoms with Crippen molar-refractivity contribution in [3.05, 3.63) is 59.6 Å². The van der Waals surface area contributed by atoms with E-state index in [0.29, 0.717) is 11.4 Å². The van der Waals surface area contributed by atoms with Crippen molar-refractivity contribution >= 4 is 34.6 Å². The molecule has 0 unspecified atom stereocenters. The predicted octanol–water partition coefficient (Wildman–Crippen LogP) is 2.76. The number of aliphatic hydroxyl groups is 1. The summed E-state index contributed by atoms with van der Waals surface area (Å²) in [6.45, 7) is 2.25. The Labute approximate surface area is 162 Å². The minimum Gasteiger partial charge on any atom is -0.395 e. The van der Waals surface area contributed by atoms with Gasteiger partial charge in [0.1, 0.15) is 12.1 Å². The second kappa shape index (κ2) is 8.83. The number of carbonyl (C=O) groups is 1. The van der Waals surface area contributed by atoms with E-state index in [2.05, 4.69) is 34.4 Å². The van der Waals surface area contributed by atoms with Crippen LogP contribution in [0.1, 0.15) is 35.0 Å². The quantitative estimate of drug-likeness (QED) is 0.710. The SMILES string of the molecule is CCC(=CC=C1CSc2c(N)ncnc21)c1cccc(C(=O)NCCO)c1. The Balaban J connectivity index is 1.86. The lowest BCUT2D eigenvalue weighted by Gasteiger charge is -2.08. The van der Waals surface area contributed by atoms with Crippen LogP contribution in [0.25, 0.3) is 11.1 Å². The number of carbonyl (C=O) groups excluding carboxylic acids is 1. The van der Waals surface area contributed by atoms with E-state index in [1.807, 2.05) is 18.2 Å².